The first-order valence-corrected chi connectivity index (χ1v) is 4.66. The summed E-state index contributed by atoms with van der Waals surface area (Å²) >= 11 is 0. The van der Waals surface area contributed by atoms with Gasteiger partial charge in [-0.3, -0.25) is 0 Å². The minimum Gasteiger partial charge on any atom is -0.495 e. The highest BCUT2D eigenvalue weighted by Crippen LogP contribution is 2.21. The van der Waals surface area contributed by atoms with Crippen LogP contribution in [0, 0.1) is 0 Å². The van der Waals surface area contributed by atoms with Gasteiger partial charge in [0.25, 0.3) is 10.0 Å². The molecule has 0 saturated carbocycles. The molecular weight excluding hydrogens is 178 g/mol. The van der Waals surface area contributed by atoms with Gasteiger partial charge in [0.2, 0.25) is 0 Å². The number of rotatable bonds is 2. The number of ether oxygens (including phenoxy) is 1. The smallest absolute Gasteiger partial charge is 0.257 e. The van der Waals surface area contributed by atoms with Crippen molar-refractivity contribution < 1.29 is 13.2 Å². The average Bonchev–Trinajstić information content (AvgIpc) is 2.03. The van der Waals surface area contributed by atoms with Crippen molar-refractivity contribution >= 4 is 10.0 Å². The van der Waals surface area contributed by atoms with Crippen molar-refractivity contribution in [3.8, 4) is 5.75 Å². The van der Waals surface area contributed by atoms with Crippen LogP contribution in [0.4, 0.5) is 0 Å². The fourth-order valence-electron chi connectivity index (χ4n) is 0.841. The van der Waals surface area contributed by atoms with Crippen molar-refractivity contribution in [3.63, 3.8) is 0 Å². The van der Waals surface area contributed by atoms with Gasteiger partial charge in [-0.25, -0.2) is 8.42 Å². The van der Waals surface area contributed by atoms with E-state index in [2.05, 4.69) is 0 Å². The molecule has 1 aromatic carbocycles. The molecule has 1 radical (unpaired) electrons. The van der Waals surface area contributed by atoms with Crippen LogP contribution in [0.3, 0.4) is 0 Å². The van der Waals surface area contributed by atoms with E-state index in [1.807, 2.05) is 0 Å². The van der Waals surface area contributed by atoms with Crippen molar-refractivity contribution in [1.29, 1.82) is 0 Å². The zero-order valence-corrected chi connectivity index (χ0v) is 7.26. The van der Waals surface area contributed by atoms with E-state index >= 15 is 0 Å². The maximum atomic E-state index is 10.8. The fourth-order valence-corrected chi connectivity index (χ4v) is 1.51. The normalized spacial score (nSPS) is 11.2. The van der Waals surface area contributed by atoms with Gasteiger partial charge >= 0.3 is 0 Å². The van der Waals surface area contributed by atoms with Crippen molar-refractivity contribution in [2.24, 2.45) is 0 Å². The summed E-state index contributed by atoms with van der Waals surface area (Å²) in [4.78, 5) is -0.104. The van der Waals surface area contributed by atoms with Crippen LogP contribution in [0.5, 0.6) is 5.75 Å². The Kier molecular flexibility index (Phi) is 2.35. The van der Waals surface area contributed by atoms with Crippen LogP contribution in [0.2, 0.25) is 0 Å². The van der Waals surface area contributed by atoms with Crippen LogP contribution in [0.15, 0.2) is 29.2 Å². The molecule has 0 aromatic heterocycles. The summed E-state index contributed by atoms with van der Waals surface area (Å²) in [6.45, 7) is 0. The van der Waals surface area contributed by atoms with Crippen LogP contribution in [-0.4, -0.2) is 15.5 Å². The Balaban J connectivity index is 3.33. The van der Waals surface area contributed by atoms with Crippen molar-refractivity contribution in [2.75, 3.05) is 7.11 Å². The maximum absolute atomic E-state index is 10.8. The van der Waals surface area contributed by atoms with E-state index in [0.29, 0.717) is 0 Å². The molecule has 0 fully saturated rings. The monoisotopic (exact) mass is 186 g/mol. The quantitative estimate of drug-likeness (QED) is 0.681. The van der Waals surface area contributed by atoms with Crippen LogP contribution in [-0.2, 0) is 10.0 Å². The lowest BCUT2D eigenvalue weighted by Crippen LogP contribution is -2.02. The predicted octanol–water partition coefficient (Wildman–Crippen LogP) is 0.667. The lowest BCUT2D eigenvalue weighted by Gasteiger charge is -2.03. The van der Waals surface area contributed by atoms with Gasteiger partial charge in [0.1, 0.15) is 10.6 Å². The van der Waals surface area contributed by atoms with Gasteiger partial charge in [-0.15, -0.1) is 5.14 Å². The Labute approximate surface area is 71.0 Å². The summed E-state index contributed by atoms with van der Waals surface area (Å²) in [5, 5.41) is 6.81. The Morgan fingerprint density at radius 1 is 1.33 bits per heavy atom. The average molecular weight is 186 g/mol. The second kappa shape index (κ2) is 3.12. The van der Waals surface area contributed by atoms with E-state index in [1.54, 1.807) is 12.1 Å². The van der Waals surface area contributed by atoms with Crippen molar-refractivity contribution in [3.05, 3.63) is 24.3 Å². The summed E-state index contributed by atoms with van der Waals surface area (Å²) in [5.74, 6) is 0.201. The van der Waals surface area contributed by atoms with E-state index in [4.69, 9.17) is 9.88 Å². The number of hydrogen-bond acceptors (Lipinski definition) is 3. The molecule has 0 aliphatic carbocycles. The zero-order chi connectivity index (χ0) is 9.19. The molecule has 0 saturated heterocycles. The second-order valence-electron chi connectivity index (χ2n) is 2.15. The highest BCUT2D eigenvalue weighted by atomic mass is 32.2. The van der Waals surface area contributed by atoms with Crippen LogP contribution < -0.4 is 9.88 Å². The summed E-state index contributed by atoms with van der Waals surface area (Å²) in [7, 11) is -2.56. The van der Waals surface area contributed by atoms with Crippen molar-refractivity contribution in [1.82, 2.24) is 5.14 Å². The molecule has 12 heavy (non-hydrogen) atoms. The third-order valence-corrected chi connectivity index (χ3v) is 2.27. The van der Waals surface area contributed by atoms with Crippen molar-refractivity contribution in [2.45, 2.75) is 4.90 Å². The number of para-hydroxylation sites is 1. The first-order valence-electron chi connectivity index (χ1n) is 3.18. The van der Waals surface area contributed by atoms with Gasteiger partial charge in [-0.1, -0.05) is 12.1 Å². The fraction of sp³-hybridized carbons (Fsp3) is 0.143. The SMILES string of the molecule is COc1ccccc1S([NH])(=O)=O. The van der Waals surface area contributed by atoms with Crippen LogP contribution >= 0.6 is 0 Å². The largest absolute Gasteiger partial charge is 0.495 e. The molecule has 1 N–H and O–H groups in total. The Morgan fingerprint density at radius 3 is 2.33 bits per heavy atom. The summed E-state index contributed by atoms with van der Waals surface area (Å²) in [5.41, 5.74) is 0. The Hall–Kier alpha value is -1.07. The first kappa shape index (κ1) is 9.02. The van der Waals surface area contributed by atoms with Gasteiger partial charge in [0, 0.05) is 0 Å². The number of benzene rings is 1. The standard InChI is InChI=1S/C7H8NO3S/c1-11-6-4-2-3-5-7(6)12(8,9)10/h2-5,8H,1H3. The number of methoxy groups -OCH3 is 1. The third-order valence-electron chi connectivity index (χ3n) is 1.36. The molecule has 1 rings (SSSR count). The Bertz CT molecular complexity index is 372. The predicted molar refractivity (Wildman–Crippen MR) is 43.3 cm³/mol. The molecule has 1 aromatic rings. The minimum atomic E-state index is -3.92. The van der Waals surface area contributed by atoms with Gasteiger partial charge in [-0.05, 0) is 12.1 Å². The third kappa shape index (κ3) is 1.75. The summed E-state index contributed by atoms with van der Waals surface area (Å²) in [6.07, 6.45) is 0. The molecule has 5 heteroatoms. The van der Waals surface area contributed by atoms with E-state index in [0.717, 1.165) is 0 Å². The highest BCUT2D eigenvalue weighted by Gasteiger charge is 2.13. The molecule has 0 unspecified atom stereocenters. The molecule has 0 spiro atoms. The molecule has 0 bridgehead atoms. The minimum absolute atomic E-state index is 0.104. The first-order chi connectivity index (χ1) is 5.55. The molecule has 0 heterocycles. The molecule has 4 nitrogen and oxygen atoms in total. The molecule has 65 valence electrons. The van der Waals surface area contributed by atoms with E-state index in [1.165, 1.54) is 19.2 Å². The van der Waals surface area contributed by atoms with Gasteiger partial charge in [0.05, 0.1) is 7.11 Å². The van der Waals surface area contributed by atoms with E-state index in [9.17, 15) is 8.42 Å². The number of sulfonamides is 1. The summed E-state index contributed by atoms with van der Waals surface area (Å²) < 4.78 is 26.4. The summed E-state index contributed by atoms with van der Waals surface area (Å²) in [6, 6.07) is 6.03. The van der Waals surface area contributed by atoms with Gasteiger partial charge < -0.3 is 4.74 Å². The van der Waals surface area contributed by atoms with Crippen LogP contribution in [0.25, 0.3) is 0 Å². The number of hydrogen-bond donors (Lipinski definition) is 0. The highest BCUT2D eigenvalue weighted by molar-refractivity contribution is 7.89. The van der Waals surface area contributed by atoms with E-state index in [-0.39, 0.29) is 10.6 Å². The maximum Gasteiger partial charge on any atom is 0.257 e. The molecule has 0 atom stereocenters. The topological polar surface area (TPSA) is 67.2 Å². The van der Waals surface area contributed by atoms with Gasteiger partial charge in [0.15, 0.2) is 0 Å². The van der Waals surface area contributed by atoms with Crippen LogP contribution in [0.1, 0.15) is 0 Å². The molecule has 0 amide bonds. The second-order valence-corrected chi connectivity index (χ2v) is 3.60. The Morgan fingerprint density at radius 2 is 1.92 bits per heavy atom. The lowest BCUT2D eigenvalue weighted by atomic mass is 10.3. The lowest BCUT2D eigenvalue weighted by molar-refractivity contribution is 0.402. The molecule has 0 aliphatic heterocycles. The molecule has 0 aliphatic rings. The zero-order valence-electron chi connectivity index (χ0n) is 6.44. The number of nitrogens with one attached hydrogen (secondary N) is 1. The van der Waals surface area contributed by atoms with E-state index < -0.39 is 10.0 Å². The molecular formula is C7H8NO3S. The van der Waals surface area contributed by atoms with Gasteiger partial charge in [-0.2, -0.15) is 0 Å².